The molecule has 47 heavy (non-hydrogen) atoms. The van der Waals surface area contributed by atoms with Gasteiger partial charge in [-0.1, -0.05) is 34.1 Å². The minimum Gasteiger partial charge on any atom is -0.497 e. The standard InChI is InChI=1S/C35H44F3N3O6/c1-17-26-16-41(29(17)18(2)42)32(43)30(34(3,4)5)40-33(44)47-25-14-19-13-23(19)21(25)9-7-8-12-35(37,38)27-28(36)22-11-10-20(45-6)15-24(22)39-31(27)46-26/h10-11,15,17,19,21,23,25-26,29-30H,7-9,12-14,16H2,1-6H3,(H,40,44)/t17?,19?,21-,23?,25-,26+,29+,30-/m1/s1. The second-order valence-electron chi connectivity index (χ2n) is 14.9. The van der Waals surface area contributed by atoms with Crippen molar-refractivity contribution in [2.75, 3.05) is 13.7 Å². The van der Waals surface area contributed by atoms with Crippen molar-refractivity contribution < 1.29 is 41.8 Å². The highest BCUT2D eigenvalue weighted by Crippen LogP contribution is 2.58. The molecule has 1 N–H and O–H groups in total. The van der Waals surface area contributed by atoms with Crippen LogP contribution in [0.1, 0.15) is 78.7 Å². The van der Waals surface area contributed by atoms with Crippen molar-refractivity contribution in [3.05, 3.63) is 29.6 Å². The van der Waals surface area contributed by atoms with E-state index < -0.39 is 71.1 Å². The molecule has 9 nitrogen and oxygen atoms in total. The molecule has 3 unspecified atom stereocenters. The van der Waals surface area contributed by atoms with Crippen LogP contribution in [-0.4, -0.2) is 65.6 Å². The Morgan fingerprint density at radius 3 is 2.53 bits per heavy atom. The van der Waals surface area contributed by atoms with Crippen molar-refractivity contribution in [1.29, 1.82) is 0 Å². The minimum atomic E-state index is -3.63. The van der Waals surface area contributed by atoms with Crippen LogP contribution in [0, 0.1) is 34.9 Å². The number of halogens is 3. The zero-order chi connectivity index (χ0) is 34.0. The van der Waals surface area contributed by atoms with Gasteiger partial charge in [0.1, 0.15) is 35.4 Å². The number of rotatable bonds is 2. The molecule has 8 atom stereocenters. The Morgan fingerprint density at radius 2 is 1.85 bits per heavy atom. The van der Waals surface area contributed by atoms with Gasteiger partial charge in [-0.2, -0.15) is 0 Å². The van der Waals surface area contributed by atoms with Crippen LogP contribution in [0.3, 0.4) is 0 Å². The van der Waals surface area contributed by atoms with E-state index in [4.69, 9.17) is 14.2 Å². The van der Waals surface area contributed by atoms with Gasteiger partial charge in [0, 0.05) is 23.8 Å². The third-order valence-corrected chi connectivity index (χ3v) is 10.7. The second-order valence-corrected chi connectivity index (χ2v) is 14.9. The molecule has 0 radical (unpaired) electrons. The molecule has 3 heterocycles. The number of nitrogens with one attached hydrogen (secondary N) is 1. The number of methoxy groups -OCH3 is 1. The highest BCUT2D eigenvalue weighted by atomic mass is 19.3. The number of ketones is 1. The quantitative estimate of drug-likeness (QED) is 0.398. The normalized spacial score (nSPS) is 32.6. The number of alkyl halides is 2. The van der Waals surface area contributed by atoms with Gasteiger partial charge in [0.25, 0.3) is 5.92 Å². The molecule has 3 fully saturated rings. The van der Waals surface area contributed by atoms with Gasteiger partial charge in [0.2, 0.25) is 11.8 Å². The van der Waals surface area contributed by atoms with Crippen LogP contribution in [0.15, 0.2) is 18.2 Å². The van der Waals surface area contributed by atoms with E-state index in [0.29, 0.717) is 36.8 Å². The molecular formula is C35H44F3N3O6. The molecule has 2 aliphatic heterocycles. The van der Waals surface area contributed by atoms with E-state index in [1.165, 1.54) is 37.1 Å². The number of amides is 2. The maximum Gasteiger partial charge on any atom is 0.408 e. The van der Waals surface area contributed by atoms with Crippen LogP contribution in [0.5, 0.6) is 11.6 Å². The van der Waals surface area contributed by atoms with E-state index in [0.717, 1.165) is 6.42 Å². The molecule has 4 aliphatic rings. The fourth-order valence-corrected chi connectivity index (χ4v) is 8.08. The van der Waals surface area contributed by atoms with E-state index in [2.05, 4.69) is 10.3 Å². The van der Waals surface area contributed by atoms with E-state index in [9.17, 15) is 14.4 Å². The van der Waals surface area contributed by atoms with Crippen LogP contribution < -0.4 is 14.8 Å². The van der Waals surface area contributed by atoms with Gasteiger partial charge in [0.15, 0.2) is 5.78 Å². The van der Waals surface area contributed by atoms with Crippen molar-refractivity contribution in [1.82, 2.24) is 15.2 Å². The Balaban J connectivity index is 1.43. The summed E-state index contributed by atoms with van der Waals surface area (Å²) in [6.45, 7) is 8.27. The summed E-state index contributed by atoms with van der Waals surface area (Å²) >= 11 is 0. The summed E-state index contributed by atoms with van der Waals surface area (Å²) in [5.41, 5.74) is -1.63. The maximum atomic E-state index is 16.2. The third kappa shape index (κ3) is 6.24. The summed E-state index contributed by atoms with van der Waals surface area (Å²) in [6.07, 6.45) is 0.160. The summed E-state index contributed by atoms with van der Waals surface area (Å²) < 4.78 is 65.9. The number of carbonyl (C=O) groups excluding carboxylic acids is 3. The Labute approximate surface area is 272 Å². The van der Waals surface area contributed by atoms with Crippen molar-refractivity contribution in [3.8, 4) is 11.6 Å². The average molecular weight is 660 g/mol. The molecule has 2 bridgehead atoms. The summed E-state index contributed by atoms with van der Waals surface area (Å²) in [5, 5.41) is 2.70. The summed E-state index contributed by atoms with van der Waals surface area (Å²) in [4.78, 5) is 46.2. The largest absolute Gasteiger partial charge is 0.497 e. The van der Waals surface area contributed by atoms with E-state index in [-0.39, 0.29) is 41.7 Å². The number of nitrogens with zero attached hydrogens (tertiary/aromatic N) is 2. The Morgan fingerprint density at radius 1 is 1.11 bits per heavy atom. The highest BCUT2D eigenvalue weighted by molar-refractivity contribution is 5.92. The lowest BCUT2D eigenvalue weighted by molar-refractivity contribution is -0.141. The maximum absolute atomic E-state index is 16.2. The van der Waals surface area contributed by atoms with Crippen molar-refractivity contribution in [2.24, 2.45) is 29.1 Å². The predicted molar refractivity (Wildman–Crippen MR) is 167 cm³/mol. The molecule has 256 valence electrons. The number of pyridine rings is 1. The SMILES string of the molecule is COc1ccc2c(F)c3c(nc2c1)O[C@H]1CN(C(=O)[C@H](C(C)(C)C)NC(=O)O[C@@H]2CC4CC4[C@H]2CCCCC3(F)F)[C@H](C(C)=O)C1C. The number of benzene rings is 1. The van der Waals surface area contributed by atoms with Crippen LogP contribution in [0.25, 0.3) is 10.9 Å². The zero-order valence-corrected chi connectivity index (χ0v) is 27.8. The van der Waals surface area contributed by atoms with Gasteiger partial charge in [-0.25, -0.2) is 22.9 Å². The lowest BCUT2D eigenvalue weighted by Crippen LogP contribution is -2.57. The summed E-state index contributed by atoms with van der Waals surface area (Å²) in [6, 6.07) is 2.25. The Bertz CT molecular complexity index is 1580. The molecule has 1 aromatic heterocycles. The molecule has 2 aliphatic carbocycles. The van der Waals surface area contributed by atoms with Crippen LogP contribution in [0.2, 0.25) is 0 Å². The molecule has 6 rings (SSSR count). The van der Waals surface area contributed by atoms with Crippen LogP contribution in [0.4, 0.5) is 18.0 Å². The first kappa shape index (κ1) is 33.3. The number of hydrogen-bond acceptors (Lipinski definition) is 7. The highest BCUT2D eigenvalue weighted by Gasteiger charge is 2.55. The lowest BCUT2D eigenvalue weighted by atomic mass is 9.85. The number of hydrogen-bond donors (Lipinski definition) is 1. The van der Waals surface area contributed by atoms with E-state index in [1.54, 1.807) is 27.7 Å². The van der Waals surface area contributed by atoms with Gasteiger partial charge in [0.05, 0.1) is 25.2 Å². The third-order valence-electron chi connectivity index (χ3n) is 10.7. The Kier molecular flexibility index (Phi) is 8.62. The van der Waals surface area contributed by atoms with Crippen molar-refractivity contribution in [3.63, 3.8) is 0 Å². The zero-order valence-electron chi connectivity index (χ0n) is 27.8. The van der Waals surface area contributed by atoms with Crippen molar-refractivity contribution in [2.45, 2.75) is 103 Å². The average Bonchev–Trinajstić information content (AvgIpc) is 3.55. The topological polar surface area (TPSA) is 107 Å². The monoisotopic (exact) mass is 659 g/mol. The van der Waals surface area contributed by atoms with Gasteiger partial charge in [-0.15, -0.1) is 0 Å². The lowest BCUT2D eigenvalue weighted by Gasteiger charge is -2.35. The molecule has 1 saturated heterocycles. The van der Waals surface area contributed by atoms with Gasteiger partial charge >= 0.3 is 6.09 Å². The van der Waals surface area contributed by atoms with E-state index >= 15 is 13.2 Å². The smallest absolute Gasteiger partial charge is 0.408 e. The first-order valence-corrected chi connectivity index (χ1v) is 16.6. The van der Waals surface area contributed by atoms with Crippen molar-refractivity contribution >= 4 is 28.7 Å². The van der Waals surface area contributed by atoms with Crippen LogP contribution >= 0.6 is 0 Å². The molecule has 1 aromatic carbocycles. The number of Topliss-reactive ketones (excluding diaryl/α,β-unsaturated/α-hetero) is 1. The fourth-order valence-electron chi connectivity index (χ4n) is 8.08. The molecular weight excluding hydrogens is 615 g/mol. The second kappa shape index (κ2) is 12.1. The van der Waals surface area contributed by atoms with Gasteiger partial charge in [-0.3, -0.25) is 9.59 Å². The molecule has 2 aromatic rings. The first-order chi connectivity index (χ1) is 22.1. The number of fused-ring (bicyclic) bond motifs is 7. The number of aromatic nitrogens is 1. The van der Waals surface area contributed by atoms with Crippen LogP contribution in [-0.2, 0) is 20.2 Å². The Hall–Kier alpha value is -3.57. The van der Waals surface area contributed by atoms with Gasteiger partial charge < -0.3 is 24.4 Å². The summed E-state index contributed by atoms with van der Waals surface area (Å²) in [7, 11) is 1.43. The number of alkyl carbamates (subject to hydrolysis) is 1. The van der Waals surface area contributed by atoms with Gasteiger partial charge in [-0.05, 0) is 67.9 Å². The molecule has 0 spiro atoms. The molecule has 2 saturated carbocycles. The van der Waals surface area contributed by atoms with E-state index in [1.807, 2.05) is 0 Å². The first-order valence-electron chi connectivity index (χ1n) is 16.6. The fraction of sp³-hybridized carbons (Fsp3) is 0.657. The summed E-state index contributed by atoms with van der Waals surface area (Å²) in [5.74, 6) is -5.66. The molecule has 2 amide bonds. The number of carbonyl (C=O) groups is 3. The molecule has 12 heteroatoms. The minimum absolute atomic E-state index is 0.0253. The number of ether oxygens (including phenoxy) is 3. The predicted octanol–water partition coefficient (Wildman–Crippen LogP) is 6.40.